The lowest BCUT2D eigenvalue weighted by atomic mass is 10.1. The monoisotopic (exact) mass is 309 g/mol. The van der Waals surface area contributed by atoms with Gasteiger partial charge in [0.15, 0.2) is 0 Å². The second kappa shape index (κ2) is 5.96. The highest BCUT2D eigenvalue weighted by atomic mass is 16.5. The number of esters is 1. The Labute approximate surface area is 132 Å². The molecule has 0 bridgehead atoms. The molecule has 0 spiro atoms. The van der Waals surface area contributed by atoms with Crippen molar-refractivity contribution in [2.45, 2.75) is 0 Å². The number of ether oxygens (including phenoxy) is 2. The zero-order chi connectivity index (χ0) is 16.4. The first-order chi connectivity index (χ1) is 11.2. The van der Waals surface area contributed by atoms with Gasteiger partial charge in [-0.25, -0.2) is 4.79 Å². The van der Waals surface area contributed by atoms with Crippen molar-refractivity contribution in [2.75, 3.05) is 14.2 Å². The highest BCUT2D eigenvalue weighted by Gasteiger charge is 2.15. The van der Waals surface area contributed by atoms with E-state index in [2.05, 4.69) is 0 Å². The van der Waals surface area contributed by atoms with Crippen LogP contribution >= 0.6 is 0 Å². The van der Waals surface area contributed by atoms with Crippen LogP contribution in [0.1, 0.15) is 10.4 Å². The molecule has 0 amide bonds. The molecule has 0 N–H and O–H groups in total. The van der Waals surface area contributed by atoms with E-state index in [1.54, 1.807) is 55.6 Å². The van der Waals surface area contributed by atoms with E-state index >= 15 is 0 Å². The summed E-state index contributed by atoms with van der Waals surface area (Å²) < 4.78 is 11.4. The van der Waals surface area contributed by atoms with Crippen LogP contribution in [0.15, 0.2) is 59.5 Å². The van der Waals surface area contributed by atoms with Crippen molar-refractivity contribution >= 4 is 16.7 Å². The largest absolute Gasteiger partial charge is 0.497 e. The van der Waals surface area contributed by atoms with Gasteiger partial charge in [0.25, 0.3) is 5.56 Å². The summed E-state index contributed by atoms with van der Waals surface area (Å²) in [6.45, 7) is 0. The fourth-order valence-electron chi connectivity index (χ4n) is 2.50. The first kappa shape index (κ1) is 14.8. The number of rotatable bonds is 3. The number of hydrogen-bond donors (Lipinski definition) is 0. The molecule has 0 unspecified atom stereocenters. The normalized spacial score (nSPS) is 10.5. The van der Waals surface area contributed by atoms with Gasteiger partial charge in [-0.2, -0.15) is 0 Å². The summed E-state index contributed by atoms with van der Waals surface area (Å²) in [5.74, 6) is 0.208. The number of hydrogen-bond acceptors (Lipinski definition) is 4. The Morgan fingerprint density at radius 2 is 1.61 bits per heavy atom. The van der Waals surface area contributed by atoms with E-state index in [0.717, 1.165) is 0 Å². The summed E-state index contributed by atoms with van der Waals surface area (Å²) in [5.41, 5.74) is 0.795. The van der Waals surface area contributed by atoms with E-state index in [4.69, 9.17) is 9.47 Å². The molecular weight excluding hydrogens is 294 g/mol. The zero-order valence-electron chi connectivity index (χ0n) is 12.8. The molecule has 0 aliphatic carbocycles. The second-order valence-electron chi connectivity index (χ2n) is 4.95. The molecule has 0 aliphatic rings. The minimum Gasteiger partial charge on any atom is -0.497 e. The third kappa shape index (κ3) is 2.57. The lowest BCUT2D eigenvalue weighted by Gasteiger charge is -2.11. The van der Waals surface area contributed by atoms with Gasteiger partial charge in [-0.3, -0.25) is 9.36 Å². The van der Waals surface area contributed by atoms with Crippen molar-refractivity contribution in [1.29, 1.82) is 0 Å². The summed E-state index contributed by atoms with van der Waals surface area (Å²) in [7, 11) is 2.90. The number of carbonyl (C=O) groups excluding carboxylic acids is 1. The molecule has 116 valence electrons. The maximum atomic E-state index is 12.7. The number of carbonyl (C=O) groups is 1. The molecule has 0 atom stereocenters. The van der Waals surface area contributed by atoms with Gasteiger partial charge in [-0.05, 0) is 30.3 Å². The molecule has 3 aromatic rings. The number of nitrogens with zero attached hydrogens (tertiary/aromatic N) is 1. The summed E-state index contributed by atoms with van der Waals surface area (Å²) in [6, 6.07) is 14.0. The third-order valence-electron chi connectivity index (χ3n) is 3.68. The highest BCUT2D eigenvalue weighted by molar-refractivity contribution is 6.04. The van der Waals surface area contributed by atoms with Crippen molar-refractivity contribution in [1.82, 2.24) is 4.57 Å². The molecule has 0 radical (unpaired) electrons. The van der Waals surface area contributed by atoms with Gasteiger partial charge in [0.2, 0.25) is 0 Å². The molecule has 0 saturated heterocycles. The number of benzene rings is 2. The average Bonchev–Trinajstić information content (AvgIpc) is 2.62. The molecule has 0 fully saturated rings. The van der Waals surface area contributed by atoms with Crippen molar-refractivity contribution in [2.24, 2.45) is 0 Å². The van der Waals surface area contributed by atoms with Crippen molar-refractivity contribution in [3.05, 3.63) is 70.6 Å². The lowest BCUT2D eigenvalue weighted by Crippen LogP contribution is -2.20. The quantitative estimate of drug-likeness (QED) is 0.698. The molecule has 5 nitrogen and oxygen atoms in total. The predicted molar refractivity (Wildman–Crippen MR) is 87.4 cm³/mol. The van der Waals surface area contributed by atoms with E-state index < -0.39 is 5.97 Å². The fourth-order valence-corrected chi connectivity index (χ4v) is 2.50. The third-order valence-corrected chi connectivity index (χ3v) is 3.68. The van der Waals surface area contributed by atoms with Crippen molar-refractivity contribution in [3.8, 4) is 11.4 Å². The standard InChI is InChI=1S/C18H15NO4/c1-22-13-9-7-12(8-10-13)19-11-16(18(21)23-2)14-5-3-4-6-15(14)17(19)20/h3-11H,1-2H3. The Hall–Kier alpha value is -3.08. The van der Waals surface area contributed by atoms with Gasteiger partial charge < -0.3 is 9.47 Å². The van der Waals surface area contributed by atoms with Crippen LogP contribution in [0.3, 0.4) is 0 Å². The molecule has 1 aromatic heterocycles. The smallest absolute Gasteiger partial charge is 0.340 e. The van der Waals surface area contributed by atoms with Crippen molar-refractivity contribution < 1.29 is 14.3 Å². The molecule has 0 saturated carbocycles. The van der Waals surface area contributed by atoms with Gasteiger partial charge in [-0.1, -0.05) is 18.2 Å². The lowest BCUT2D eigenvalue weighted by molar-refractivity contribution is 0.0602. The van der Waals surface area contributed by atoms with Crippen LogP contribution in [-0.4, -0.2) is 24.8 Å². The number of aromatic nitrogens is 1. The molecule has 5 heteroatoms. The topological polar surface area (TPSA) is 57.5 Å². The minimum absolute atomic E-state index is 0.196. The second-order valence-corrected chi connectivity index (χ2v) is 4.95. The van der Waals surface area contributed by atoms with Crippen LogP contribution in [0.2, 0.25) is 0 Å². The number of methoxy groups -OCH3 is 2. The maximum Gasteiger partial charge on any atom is 0.340 e. The molecule has 23 heavy (non-hydrogen) atoms. The first-order valence-corrected chi connectivity index (χ1v) is 7.03. The number of fused-ring (bicyclic) bond motifs is 1. The van der Waals surface area contributed by atoms with E-state index in [-0.39, 0.29) is 5.56 Å². The summed E-state index contributed by atoms with van der Waals surface area (Å²) in [5, 5.41) is 1.04. The van der Waals surface area contributed by atoms with Crippen LogP contribution in [-0.2, 0) is 4.74 Å². The highest BCUT2D eigenvalue weighted by Crippen LogP contribution is 2.19. The Balaban J connectivity index is 2.30. The number of pyridine rings is 1. The summed E-state index contributed by atoms with van der Waals surface area (Å²) >= 11 is 0. The van der Waals surface area contributed by atoms with Crippen LogP contribution in [0.4, 0.5) is 0 Å². The van der Waals surface area contributed by atoms with Crippen LogP contribution in [0.25, 0.3) is 16.5 Å². The predicted octanol–water partition coefficient (Wildman–Crippen LogP) is 2.79. The average molecular weight is 309 g/mol. The molecule has 1 heterocycles. The van der Waals surface area contributed by atoms with Gasteiger partial charge in [0.05, 0.1) is 19.8 Å². The Morgan fingerprint density at radius 3 is 2.22 bits per heavy atom. The van der Waals surface area contributed by atoms with Gasteiger partial charge in [0.1, 0.15) is 5.75 Å². The zero-order valence-corrected chi connectivity index (χ0v) is 12.8. The van der Waals surface area contributed by atoms with Crippen molar-refractivity contribution in [3.63, 3.8) is 0 Å². The molecule has 0 aliphatic heterocycles. The van der Waals surface area contributed by atoms with E-state index in [1.165, 1.54) is 17.9 Å². The molecular formula is C18H15NO4. The Bertz CT molecular complexity index is 926. The SMILES string of the molecule is COC(=O)c1cn(-c2ccc(OC)cc2)c(=O)c2ccccc12. The maximum absolute atomic E-state index is 12.7. The van der Waals surface area contributed by atoms with Gasteiger partial charge in [0, 0.05) is 22.7 Å². The van der Waals surface area contributed by atoms with Gasteiger partial charge in [-0.15, -0.1) is 0 Å². The van der Waals surface area contributed by atoms with Crippen LogP contribution in [0.5, 0.6) is 5.75 Å². The van der Waals surface area contributed by atoms with Gasteiger partial charge >= 0.3 is 5.97 Å². The van der Waals surface area contributed by atoms with Crippen LogP contribution in [0, 0.1) is 0 Å². The summed E-state index contributed by atoms with van der Waals surface area (Å²) in [6.07, 6.45) is 1.51. The molecule has 2 aromatic carbocycles. The van der Waals surface area contributed by atoms with E-state index in [0.29, 0.717) is 27.8 Å². The van der Waals surface area contributed by atoms with Crippen LogP contribution < -0.4 is 10.3 Å². The molecule has 3 rings (SSSR count). The Kier molecular flexibility index (Phi) is 3.85. The Morgan fingerprint density at radius 1 is 0.957 bits per heavy atom. The summed E-state index contributed by atoms with van der Waals surface area (Å²) in [4.78, 5) is 24.8. The first-order valence-electron chi connectivity index (χ1n) is 7.03. The van der Waals surface area contributed by atoms with E-state index in [1.807, 2.05) is 0 Å². The fraction of sp³-hybridized carbons (Fsp3) is 0.111. The van der Waals surface area contributed by atoms with E-state index in [9.17, 15) is 9.59 Å². The minimum atomic E-state index is -0.483.